The molecule has 23 heavy (non-hydrogen) atoms. The first-order valence-corrected chi connectivity index (χ1v) is 9.26. The van der Waals surface area contributed by atoms with Crippen LogP contribution in [0.5, 0.6) is 0 Å². The van der Waals surface area contributed by atoms with Crippen molar-refractivity contribution in [1.82, 2.24) is 10.2 Å². The molecule has 3 fully saturated rings. The highest BCUT2D eigenvalue weighted by Gasteiger charge is 2.47. The first kappa shape index (κ1) is 15.7. The quantitative estimate of drug-likeness (QED) is 0.896. The van der Waals surface area contributed by atoms with E-state index in [2.05, 4.69) is 5.32 Å². The predicted octanol–water partition coefficient (Wildman–Crippen LogP) is 3.84. The molecule has 4 atom stereocenters. The van der Waals surface area contributed by atoms with Gasteiger partial charge in [-0.15, -0.1) is 0 Å². The minimum Gasteiger partial charge on any atom is -0.342 e. The fraction of sp³-hybridized carbons (Fsp3) is 0.611. The number of piperidine rings is 1. The Labute approximate surface area is 147 Å². The number of fused-ring (bicyclic) bond motifs is 2. The molecule has 1 saturated carbocycles. The summed E-state index contributed by atoms with van der Waals surface area (Å²) in [4.78, 5) is 14.8. The fourth-order valence-corrected chi connectivity index (χ4v) is 4.67. The number of amides is 1. The number of hydrogen-bond donors (Lipinski definition) is 1. The van der Waals surface area contributed by atoms with Gasteiger partial charge in [-0.25, -0.2) is 0 Å². The van der Waals surface area contributed by atoms with E-state index in [0.717, 1.165) is 24.8 Å². The highest BCUT2D eigenvalue weighted by molar-refractivity contribution is 6.42. The summed E-state index contributed by atoms with van der Waals surface area (Å²) in [5, 5.41) is 4.79. The van der Waals surface area contributed by atoms with Gasteiger partial charge >= 0.3 is 0 Å². The molecule has 0 aromatic heterocycles. The van der Waals surface area contributed by atoms with Gasteiger partial charge < -0.3 is 10.2 Å². The summed E-state index contributed by atoms with van der Waals surface area (Å²) < 4.78 is 0. The lowest BCUT2D eigenvalue weighted by molar-refractivity contribution is -0.134. The van der Waals surface area contributed by atoms with E-state index in [4.69, 9.17) is 23.2 Å². The number of nitrogens with one attached hydrogen (secondary N) is 1. The van der Waals surface area contributed by atoms with Crippen molar-refractivity contribution in [2.45, 2.75) is 56.1 Å². The third-order valence-electron chi connectivity index (χ3n) is 5.82. The predicted molar refractivity (Wildman–Crippen MR) is 93.0 cm³/mol. The van der Waals surface area contributed by atoms with E-state index in [1.165, 1.54) is 12.8 Å². The topological polar surface area (TPSA) is 32.3 Å². The van der Waals surface area contributed by atoms with Gasteiger partial charge in [0.2, 0.25) is 5.91 Å². The van der Waals surface area contributed by atoms with Crippen molar-refractivity contribution in [3.05, 3.63) is 33.8 Å². The summed E-state index contributed by atoms with van der Waals surface area (Å²) in [6.45, 7) is 0. The monoisotopic (exact) mass is 352 g/mol. The summed E-state index contributed by atoms with van der Waals surface area (Å²) in [6.07, 6.45) is 5.65. The van der Waals surface area contributed by atoms with Crippen LogP contribution in [0.4, 0.5) is 0 Å². The molecule has 0 spiro atoms. The number of benzene rings is 1. The Morgan fingerprint density at radius 2 is 1.83 bits per heavy atom. The fourth-order valence-electron chi connectivity index (χ4n) is 4.36. The van der Waals surface area contributed by atoms with Gasteiger partial charge in [-0.2, -0.15) is 0 Å². The number of rotatable bonds is 3. The van der Waals surface area contributed by atoms with E-state index in [1.807, 2.05) is 30.1 Å². The van der Waals surface area contributed by atoms with Crippen LogP contribution in [-0.2, 0) is 4.79 Å². The summed E-state index contributed by atoms with van der Waals surface area (Å²) in [5.41, 5.74) is 1.14. The second-order valence-electron chi connectivity index (χ2n) is 7.33. The second kappa shape index (κ2) is 5.94. The molecule has 2 bridgehead atoms. The van der Waals surface area contributed by atoms with Gasteiger partial charge in [0, 0.05) is 31.1 Å². The maximum atomic E-state index is 12.8. The minimum atomic E-state index is 0.116. The number of hydrogen-bond acceptors (Lipinski definition) is 2. The first-order chi connectivity index (χ1) is 11.0. The van der Waals surface area contributed by atoms with Crippen LogP contribution in [-0.4, -0.2) is 36.0 Å². The molecule has 124 valence electrons. The molecule has 2 saturated heterocycles. The van der Waals surface area contributed by atoms with E-state index < -0.39 is 0 Å². The van der Waals surface area contributed by atoms with E-state index in [1.54, 1.807) is 0 Å². The smallest absolute Gasteiger partial charge is 0.226 e. The highest BCUT2D eigenvalue weighted by Crippen LogP contribution is 2.49. The van der Waals surface area contributed by atoms with E-state index in [9.17, 15) is 4.79 Å². The molecule has 4 unspecified atom stereocenters. The third-order valence-corrected chi connectivity index (χ3v) is 6.56. The van der Waals surface area contributed by atoms with Crippen LogP contribution >= 0.6 is 23.2 Å². The van der Waals surface area contributed by atoms with Crippen molar-refractivity contribution < 1.29 is 4.79 Å². The number of carbonyl (C=O) groups is 1. The van der Waals surface area contributed by atoms with Crippen molar-refractivity contribution in [2.75, 3.05) is 7.05 Å². The molecule has 1 amide bonds. The molecule has 3 nitrogen and oxygen atoms in total. The third kappa shape index (κ3) is 2.99. The molecular weight excluding hydrogens is 331 g/mol. The van der Waals surface area contributed by atoms with E-state index in [0.29, 0.717) is 40.0 Å². The lowest BCUT2D eigenvalue weighted by Gasteiger charge is -2.35. The zero-order chi connectivity index (χ0) is 16.1. The average molecular weight is 353 g/mol. The first-order valence-electron chi connectivity index (χ1n) is 8.50. The van der Waals surface area contributed by atoms with Gasteiger partial charge in [0.25, 0.3) is 0 Å². The van der Waals surface area contributed by atoms with Crippen LogP contribution in [0, 0.1) is 5.92 Å². The summed E-state index contributed by atoms with van der Waals surface area (Å²) in [5.74, 6) is 0.718. The van der Waals surface area contributed by atoms with Gasteiger partial charge in [0.1, 0.15) is 0 Å². The molecule has 2 heterocycles. The maximum Gasteiger partial charge on any atom is 0.226 e. The molecule has 3 aliphatic rings. The van der Waals surface area contributed by atoms with Gasteiger partial charge in [0.05, 0.1) is 10.0 Å². The molecule has 1 N–H and O–H groups in total. The second-order valence-corrected chi connectivity index (χ2v) is 8.15. The van der Waals surface area contributed by atoms with Gasteiger partial charge in [-0.1, -0.05) is 29.3 Å². The molecular formula is C18H22Cl2N2O. The largest absolute Gasteiger partial charge is 0.342 e. The van der Waals surface area contributed by atoms with Crippen molar-refractivity contribution in [1.29, 1.82) is 0 Å². The van der Waals surface area contributed by atoms with Crippen molar-refractivity contribution in [3.8, 4) is 0 Å². The molecule has 5 heteroatoms. The van der Waals surface area contributed by atoms with E-state index in [-0.39, 0.29) is 5.92 Å². The number of nitrogens with zero attached hydrogens (tertiary/aromatic N) is 1. The zero-order valence-corrected chi connectivity index (χ0v) is 14.8. The Balaban J connectivity index is 1.41. The normalized spacial score (nSPS) is 35.2. The van der Waals surface area contributed by atoms with Crippen molar-refractivity contribution in [3.63, 3.8) is 0 Å². The van der Waals surface area contributed by atoms with E-state index >= 15 is 0 Å². The Morgan fingerprint density at radius 1 is 1.13 bits per heavy atom. The van der Waals surface area contributed by atoms with Crippen LogP contribution < -0.4 is 5.32 Å². The standard InChI is InChI=1S/C18H22Cl2N2O/c1-22(13-7-11-3-4-12(8-13)21-11)18(23)15-9-14(15)10-2-5-16(19)17(20)6-10/h2,5-6,11-15,21H,3-4,7-9H2,1H3. The number of carbonyl (C=O) groups excluding carboxylic acids is 1. The highest BCUT2D eigenvalue weighted by atomic mass is 35.5. The molecule has 1 aliphatic carbocycles. The Morgan fingerprint density at radius 3 is 2.48 bits per heavy atom. The molecule has 4 rings (SSSR count). The van der Waals surface area contributed by atoms with Crippen LogP contribution in [0.1, 0.15) is 43.6 Å². The SMILES string of the molecule is CN(C(=O)C1CC1c1ccc(Cl)c(Cl)c1)C1CC2CCC(C1)N2. The van der Waals surface area contributed by atoms with Crippen molar-refractivity contribution in [2.24, 2.45) is 5.92 Å². The minimum absolute atomic E-state index is 0.116. The maximum absolute atomic E-state index is 12.8. The van der Waals surface area contributed by atoms with Gasteiger partial charge in [-0.05, 0) is 55.7 Å². The lowest BCUT2D eigenvalue weighted by Crippen LogP contribution is -2.49. The van der Waals surface area contributed by atoms with Gasteiger partial charge in [-0.3, -0.25) is 4.79 Å². The molecule has 2 aliphatic heterocycles. The Bertz CT molecular complexity index is 623. The van der Waals surface area contributed by atoms with Crippen molar-refractivity contribution >= 4 is 29.1 Å². The van der Waals surface area contributed by atoms with Crippen LogP contribution in [0.25, 0.3) is 0 Å². The molecule has 1 aromatic carbocycles. The zero-order valence-electron chi connectivity index (χ0n) is 13.3. The van der Waals surface area contributed by atoms with Gasteiger partial charge in [0.15, 0.2) is 0 Å². The Hall–Kier alpha value is -0.770. The summed E-state index contributed by atoms with van der Waals surface area (Å²) in [6, 6.07) is 7.35. The lowest BCUT2D eigenvalue weighted by atomic mass is 9.98. The van der Waals surface area contributed by atoms with Crippen LogP contribution in [0.3, 0.4) is 0 Å². The van der Waals surface area contributed by atoms with Crippen LogP contribution in [0.15, 0.2) is 18.2 Å². The Kier molecular flexibility index (Phi) is 4.07. The molecule has 1 aromatic rings. The number of halogens is 2. The average Bonchev–Trinajstić information content (AvgIpc) is 3.28. The summed E-state index contributed by atoms with van der Waals surface area (Å²) >= 11 is 12.1. The van der Waals surface area contributed by atoms with Crippen LogP contribution in [0.2, 0.25) is 10.0 Å². The molecule has 0 radical (unpaired) electrons. The summed E-state index contributed by atoms with van der Waals surface area (Å²) in [7, 11) is 1.99.